The number of halogens is 3. The van der Waals surface area contributed by atoms with Gasteiger partial charge in [-0.3, -0.25) is 4.90 Å². The minimum atomic E-state index is -4.39. The van der Waals surface area contributed by atoms with Crippen LogP contribution in [0.3, 0.4) is 0 Å². The summed E-state index contributed by atoms with van der Waals surface area (Å²) in [4.78, 5) is 5.82. The maximum Gasteiger partial charge on any atom is 0.433 e. The molecule has 0 aliphatic carbocycles. The molecule has 2 heterocycles. The summed E-state index contributed by atoms with van der Waals surface area (Å²) in [6.07, 6.45) is -4.39. The number of hydrogen-bond donors (Lipinski definition) is 2. The van der Waals surface area contributed by atoms with Crippen molar-refractivity contribution in [1.29, 1.82) is 0 Å². The van der Waals surface area contributed by atoms with Crippen molar-refractivity contribution >= 4 is 5.82 Å². The Balaban J connectivity index is 1.82. The highest BCUT2D eigenvalue weighted by molar-refractivity contribution is 5.35. The molecule has 2 N–H and O–H groups in total. The zero-order chi connectivity index (χ0) is 13.7. The van der Waals surface area contributed by atoms with Crippen LogP contribution in [0, 0.1) is 0 Å². The van der Waals surface area contributed by atoms with Gasteiger partial charge in [0.1, 0.15) is 11.5 Å². The van der Waals surface area contributed by atoms with Crippen molar-refractivity contribution in [2.75, 3.05) is 44.6 Å². The molecule has 0 saturated carbocycles. The van der Waals surface area contributed by atoms with Gasteiger partial charge in [0.25, 0.3) is 0 Å². The first-order chi connectivity index (χ1) is 9.05. The number of piperazine rings is 1. The molecule has 2 rings (SSSR count). The number of nitrogens with zero attached hydrogens (tertiary/aromatic N) is 2. The monoisotopic (exact) mass is 274 g/mol. The molecule has 1 aliphatic heterocycles. The van der Waals surface area contributed by atoms with Crippen molar-refractivity contribution in [2.24, 2.45) is 0 Å². The van der Waals surface area contributed by atoms with Gasteiger partial charge in [-0.15, -0.1) is 0 Å². The van der Waals surface area contributed by atoms with Gasteiger partial charge >= 0.3 is 6.18 Å². The van der Waals surface area contributed by atoms with E-state index in [0.717, 1.165) is 38.8 Å². The quantitative estimate of drug-likeness (QED) is 0.871. The van der Waals surface area contributed by atoms with Crippen LogP contribution in [0.1, 0.15) is 5.69 Å². The molecule has 1 saturated heterocycles. The second-order valence-electron chi connectivity index (χ2n) is 4.42. The predicted octanol–water partition coefficient (Wildman–Crippen LogP) is 1.42. The third kappa shape index (κ3) is 4.36. The minimum Gasteiger partial charge on any atom is -0.369 e. The van der Waals surface area contributed by atoms with Crippen molar-refractivity contribution in [3.05, 3.63) is 23.9 Å². The lowest BCUT2D eigenvalue weighted by molar-refractivity contribution is -0.141. The molecule has 1 fully saturated rings. The van der Waals surface area contributed by atoms with E-state index in [-0.39, 0.29) is 5.82 Å². The van der Waals surface area contributed by atoms with Gasteiger partial charge in [0.2, 0.25) is 0 Å². The molecular weight excluding hydrogens is 257 g/mol. The molecule has 0 aromatic carbocycles. The summed E-state index contributed by atoms with van der Waals surface area (Å²) in [5, 5.41) is 6.18. The summed E-state index contributed by atoms with van der Waals surface area (Å²) in [5.74, 6) is 0.268. The Morgan fingerprint density at radius 1 is 1.26 bits per heavy atom. The van der Waals surface area contributed by atoms with Crippen molar-refractivity contribution in [3.63, 3.8) is 0 Å². The summed E-state index contributed by atoms with van der Waals surface area (Å²) < 4.78 is 37.4. The number of anilines is 1. The topological polar surface area (TPSA) is 40.2 Å². The highest BCUT2D eigenvalue weighted by atomic mass is 19.4. The van der Waals surface area contributed by atoms with E-state index < -0.39 is 11.9 Å². The van der Waals surface area contributed by atoms with E-state index in [9.17, 15) is 13.2 Å². The third-order valence-corrected chi connectivity index (χ3v) is 2.98. The number of hydrogen-bond acceptors (Lipinski definition) is 4. The number of pyridine rings is 1. The lowest BCUT2D eigenvalue weighted by Gasteiger charge is -2.27. The molecule has 0 amide bonds. The van der Waals surface area contributed by atoms with Gasteiger partial charge in [-0.25, -0.2) is 4.98 Å². The van der Waals surface area contributed by atoms with Crippen molar-refractivity contribution in [1.82, 2.24) is 15.2 Å². The summed E-state index contributed by atoms with van der Waals surface area (Å²) in [6, 6.07) is 3.89. The zero-order valence-electron chi connectivity index (χ0n) is 10.5. The van der Waals surface area contributed by atoms with Gasteiger partial charge in [-0.05, 0) is 12.1 Å². The second-order valence-corrected chi connectivity index (χ2v) is 4.42. The largest absolute Gasteiger partial charge is 0.433 e. The Morgan fingerprint density at radius 2 is 2.00 bits per heavy atom. The summed E-state index contributed by atoms with van der Waals surface area (Å²) in [6.45, 7) is 5.26. The fraction of sp³-hybridized carbons (Fsp3) is 0.583. The normalized spacial score (nSPS) is 17.4. The molecule has 4 nitrogen and oxygen atoms in total. The van der Waals surface area contributed by atoms with Crippen LogP contribution in [0.4, 0.5) is 19.0 Å². The van der Waals surface area contributed by atoms with Gasteiger partial charge in [0.15, 0.2) is 0 Å². The maximum atomic E-state index is 12.5. The number of aromatic nitrogens is 1. The number of nitrogens with one attached hydrogen (secondary N) is 2. The zero-order valence-corrected chi connectivity index (χ0v) is 10.5. The maximum absolute atomic E-state index is 12.5. The standard InChI is InChI=1S/C12H17F3N4/c13-12(14,15)10-2-1-3-11(18-10)17-6-9-19-7-4-16-5-8-19/h1-3,16H,4-9H2,(H,17,18). The van der Waals surface area contributed by atoms with Crippen LogP contribution in [-0.2, 0) is 6.18 Å². The SMILES string of the molecule is FC(F)(F)c1cccc(NCCN2CCNCC2)n1. The molecule has 1 aliphatic rings. The molecule has 106 valence electrons. The Bertz CT molecular complexity index is 402. The lowest BCUT2D eigenvalue weighted by atomic mass is 10.3. The summed E-state index contributed by atoms with van der Waals surface area (Å²) in [5.41, 5.74) is -0.861. The number of rotatable bonds is 4. The Kier molecular flexibility index (Phi) is 4.60. The van der Waals surface area contributed by atoms with E-state index in [0.29, 0.717) is 6.54 Å². The minimum absolute atomic E-state index is 0.268. The van der Waals surface area contributed by atoms with E-state index in [4.69, 9.17) is 0 Å². The molecular formula is C12H17F3N4. The molecule has 19 heavy (non-hydrogen) atoms. The van der Waals surface area contributed by atoms with Crippen LogP contribution in [0.25, 0.3) is 0 Å². The van der Waals surface area contributed by atoms with Gasteiger partial charge in [-0.1, -0.05) is 6.07 Å². The molecule has 7 heteroatoms. The smallest absolute Gasteiger partial charge is 0.369 e. The van der Waals surface area contributed by atoms with Crippen molar-refractivity contribution in [3.8, 4) is 0 Å². The molecule has 1 aromatic heterocycles. The second kappa shape index (κ2) is 6.21. The van der Waals surface area contributed by atoms with E-state index in [1.807, 2.05) is 0 Å². The average Bonchev–Trinajstić information content (AvgIpc) is 2.39. The highest BCUT2D eigenvalue weighted by Gasteiger charge is 2.32. The van der Waals surface area contributed by atoms with Crippen molar-refractivity contribution in [2.45, 2.75) is 6.18 Å². The number of alkyl halides is 3. The van der Waals surface area contributed by atoms with Gasteiger partial charge in [0, 0.05) is 39.3 Å². The predicted molar refractivity (Wildman–Crippen MR) is 67.0 cm³/mol. The molecule has 0 radical (unpaired) electrons. The van der Waals surface area contributed by atoms with Crippen LogP contribution in [-0.4, -0.2) is 49.2 Å². The lowest BCUT2D eigenvalue weighted by Crippen LogP contribution is -2.45. The first kappa shape index (κ1) is 14.1. The summed E-state index contributed by atoms with van der Waals surface area (Å²) >= 11 is 0. The van der Waals surface area contributed by atoms with Crippen LogP contribution in [0.5, 0.6) is 0 Å². The molecule has 0 atom stereocenters. The van der Waals surface area contributed by atoms with E-state index in [2.05, 4.69) is 20.5 Å². The van der Waals surface area contributed by atoms with Gasteiger partial charge < -0.3 is 10.6 Å². The first-order valence-electron chi connectivity index (χ1n) is 6.27. The fourth-order valence-corrected chi connectivity index (χ4v) is 1.97. The van der Waals surface area contributed by atoms with Crippen LogP contribution in [0.15, 0.2) is 18.2 Å². The van der Waals surface area contributed by atoms with E-state index in [1.165, 1.54) is 6.07 Å². The summed E-state index contributed by atoms with van der Waals surface area (Å²) in [7, 11) is 0. The molecule has 0 unspecified atom stereocenters. The van der Waals surface area contributed by atoms with Gasteiger partial charge in [-0.2, -0.15) is 13.2 Å². The molecule has 0 spiro atoms. The Hall–Kier alpha value is -1.34. The Labute approximate surface area is 110 Å². The fourth-order valence-electron chi connectivity index (χ4n) is 1.97. The van der Waals surface area contributed by atoms with Crippen LogP contribution >= 0.6 is 0 Å². The van der Waals surface area contributed by atoms with Crippen LogP contribution < -0.4 is 10.6 Å². The van der Waals surface area contributed by atoms with Crippen molar-refractivity contribution < 1.29 is 13.2 Å². The van der Waals surface area contributed by atoms with E-state index in [1.54, 1.807) is 6.07 Å². The average molecular weight is 274 g/mol. The highest BCUT2D eigenvalue weighted by Crippen LogP contribution is 2.27. The van der Waals surface area contributed by atoms with Crippen LogP contribution in [0.2, 0.25) is 0 Å². The molecule has 0 bridgehead atoms. The van der Waals surface area contributed by atoms with E-state index >= 15 is 0 Å². The third-order valence-electron chi connectivity index (χ3n) is 2.98. The Morgan fingerprint density at radius 3 is 2.68 bits per heavy atom. The van der Waals surface area contributed by atoms with Gasteiger partial charge in [0.05, 0.1) is 0 Å². The first-order valence-corrected chi connectivity index (χ1v) is 6.27. The molecule has 1 aromatic rings.